The lowest BCUT2D eigenvalue weighted by Crippen LogP contribution is -2.56. The maximum atomic E-state index is 4.47. The Morgan fingerprint density at radius 1 is 1.22 bits per heavy atom. The normalized spacial score (nSPS) is 23.6. The summed E-state index contributed by atoms with van der Waals surface area (Å²) >= 11 is 0. The van der Waals surface area contributed by atoms with Gasteiger partial charge in [-0.05, 0) is 52.8 Å². The van der Waals surface area contributed by atoms with E-state index < -0.39 is 0 Å². The van der Waals surface area contributed by atoms with Gasteiger partial charge in [0.2, 0.25) is 0 Å². The molecule has 1 saturated heterocycles. The number of rotatable bonds is 2. The van der Waals surface area contributed by atoms with Gasteiger partial charge in [0.15, 0.2) is 0 Å². The van der Waals surface area contributed by atoms with E-state index in [1.165, 1.54) is 6.42 Å². The molecule has 0 saturated carbocycles. The summed E-state index contributed by atoms with van der Waals surface area (Å²) in [6.07, 6.45) is 3.05. The molecule has 0 aliphatic carbocycles. The van der Waals surface area contributed by atoms with E-state index in [4.69, 9.17) is 0 Å². The summed E-state index contributed by atoms with van der Waals surface area (Å²) in [6.45, 7) is 12.3. The summed E-state index contributed by atoms with van der Waals surface area (Å²) in [5.74, 6) is 0. The highest BCUT2D eigenvalue weighted by molar-refractivity contribution is 5.07. The predicted molar refractivity (Wildman–Crippen MR) is 75.4 cm³/mol. The average molecular weight is 247 g/mol. The first-order chi connectivity index (χ1) is 8.42. The van der Waals surface area contributed by atoms with Crippen LogP contribution in [-0.4, -0.2) is 34.1 Å². The van der Waals surface area contributed by atoms with Crippen LogP contribution in [0.5, 0.6) is 0 Å². The third-order valence-electron chi connectivity index (χ3n) is 3.98. The SMILES string of the molecule is CC1(C)CCNCC(C)(C)N1Cc1ccccn1. The van der Waals surface area contributed by atoms with E-state index in [1.54, 1.807) is 0 Å². The number of aromatic nitrogens is 1. The molecule has 1 aromatic heterocycles. The molecule has 2 heterocycles. The largest absolute Gasteiger partial charge is 0.315 e. The van der Waals surface area contributed by atoms with Gasteiger partial charge in [-0.1, -0.05) is 6.07 Å². The molecule has 0 spiro atoms. The quantitative estimate of drug-likeness (QED) is 0.870. The minimum Gasteiger partial charge on any atom is -0.315 e. The van der Waals surface area contributed by atoms with Crippen molar-refractivity contribution >= 4 is 0 Å². The van der Waals surface area contributed by atoms with E-state index in [0.717, 1.165) is 25.3 Å². The summed E-state index contributed by atoms with van der Waals surface area (Å²) in [7, 11) is 0. The van der Waals surface area contributed by atoms with Crippen molar-refractivity contribution in [3.63, 3.8) is 0 Å². The van der Waals surface area contributed by atoms with Crippen LogP contribution >= 0.6 is 0 Å². The van der Waals surface area contributed by atoms with Crippen molar-refractivity contribution in [2.45, 2.75) is 51.7 Å². The zero-order valence-corrected chi connectivity index (χ0v) is 12.0. The van der Waals surface area contributed by atoms with Crippen LogP contribution in [0.2, 0.25) is 0 Å². The monoisotopic (exact) mass is 247 g/mol. The minimum atomic E-state index is 0.150. The molecule has 1 aliphatic heterocycles. The second kappa shape index (κ2) is 4.98. The molecule has 0 bridgehead atoms. The Bertz CT molecular complexity index is 366. The molecule has 0 unspecified atom stereocenters. The van der Waals surface area contributed by atoms with Crippen LogP contribution in [-0.2, 0) is 6.54 Å². The van der Waals surface area contributed by atoms with E-state index in [0.29, 0.717) is 0 Å². The summed E-state index contributed by atoms with van der Waals surface area (Å²) in [5, 5.41) is 3.55. The zero-order chi connectivity index (χ0) is 13.2. The second-order valence-corrected chi connectivity index (χ2v) is 6.46. The Hall–Kier alpha value is -0.930. The van der Waals surface area contributed by atoms with Gasteiger partial charge in [-0.15, -0.1) is 0 Å². The van der Waals surface area contributed by atoms with Crippen molar-refractivity contribution < 1.29 is 0 Å². The van der Waals surface area contributed by atoms with Crippen LogP contribution in [0.15, 0.2) is 24.4 Å². The Balaban J connectivity index is 2.25. The molecule has 1 aromatic rings. The summed E-state index contributed by atoms with van der Waals surface area (Å²) in [4.78, 5) is 7.06. The highest BCUT2D eigenvalue weighted by Crippen LogP contribution is 2.31. The molecule has 0 atom stereocenters. The van der Waals surface area contributed by atoms with Gasteiger partial charge in [0.25, 0.3) is 0 Å². The van der Waals surface area contributed by atoms with Crippen LogP contribution in [0.3, 0.4) is 0 Å². The Morgan fingerprint density at radius 3 is 2.67 bits per heavy atom. The fourth-order valence-corrected chi connectivity index (χ4v) is 2.92. The topological polar surface area (TPSA) is 28.2 Å². The van der Waals surface area contributed by atoms with Gasteiger partial charge >= 0.3 is 0 Å². The smallest absolute Gasteiger partial charge is 0.0544 e. The van der Waals surface area contributed by atoms with E-state index in [9.17, 15) is 0 Å². The molecule has 3 heteroatoms. The van der Waals surface area contributed by atoms with Crippen molar-refractivity contribution in [1.82, 2.24) is 15.2 Å². The van der Waals surface area contributed by atoms with Crippen molar-refractivity contribution in [1.29, 1.82) is 0 Å². The molecule has 3 nitrogen and oxygen atoms in total. The van der Waals surface area contributed by atoms with E-state index in [1.807, 2.05) is 12.3 Å². The fourth-order valence-electron chi connectivity index (χ4n) is 2.92. The minimum absolute atomic E-state index is 0.150. The molecule has 18 heavy (non-hydrogen) atoms. The van der Waals surface area contributed by atoms with Gasteiger partial charge in [-0.25, -0.2) is 0 Å². The second-order valence-electron chi connectivity index (χ2n) is 6.46. The first-order valence-corrected chi connectivity index (χ1v) is 6.80. The number of hydrogen-bond acceptors (Lipinski definition) is 3. The van der Waals surface area contributed by atoms with Crippen LogP contribution < -0.4 is 5.32 Å². The Morgan fingerprint density at radius 2 is 2.00 bits per heavy atom. The summed E-state index contributed by atoms with van der Waals surface area (Å²) in [6, 6.07) is 6.16. The lowest BCUT2D eigenvalue weighted by atomic mass is 9.91. The number of nitrogens with zero attached hydrogens (tertiary/aromatic N) is 2. The van der Waals surface area contributed by atoms with Gasteiger partial charge in [-0.3, -0.25) is 9.88 Å². The van der Waals surface area contributed by atoms with Gasteiger partial charge in [0.05, 0.1) is 5.69 Å². The van der Waals surface area contributed by atoms with Crippen LogP contribution in [0.1, 0.15) is 39.8 Å². The standard InChI is InChI=1S/C15H25N3/c1-14(2)8-10-16-12-15(3,4)18(14)11-13-7-5-6-9-17-13/h5-7,9,16H,8,10-12H2,1-4H3. The molecule has 1 aliphatic rings. The molecule has 0 aromatic carbocycles. The number of pyridine rings is 1. The number of nitrogens with one attached hydrogen (secondary N) is 1. The first-order valence-electron chi connectivity index (χ1n) is 6.80. The average Bonchev–Trinajstić information content (AvgIpc) is 2.41. The molecule has 0 amide bonds. The fraction of sp³-hybridized carbons (Fsp3) is 0.667. The highest BCUT2D eigenvalue weighted by atomic mass is 15.3. The lowest BCUT2D eigenvalue weighted by Gasteiger charge is -2.46. The van der Waals surface area contributed by atoms with Crippen molar-refractivity contribution in [2.24, 2.45) is 0 Å². The molecule has 2 rings (SSSR count). The third kappa shape index (κ3) is 2.90. The van der Waals surface area contributed by atoms with Crippen molar-refractivity contribution in [2.75, 3.05) is 13.1 Å². The van der Waals surface area contributed by atoms with Crippen LogP contribution in [0.25, 0.3) is 0 Å². The molecule has 100 valence electrons. The number of hydrogen-bond donors (Lipinski definition) is 1. The third-order valence-corrected chi connectivity index (χ3v) is 3.98. The van der Waals surface area contributed by atoms with E-state index in [2.05, 4.69) is 55.0 Å². The van der Waals surface area contributed by atoms with Gasteiger partial charge < -0.3 is 5.32 Å². The van der Waals surface area contributed by atoms with Crippen molar-refractivity contribution in [3.8, 4) is 0 Å². The van der Waals surface area contributed by atoms with Crippen molar-refractivity contribution in [3.05, 3.63) is 30.1 Å². The molecule has 1 N–H and O–H groups in total. The van der Waals surface area contributed by atoms with Gasteiger partial charge in [-0.2, -0.15) is 0 Å². The summed E-state index contributed by atoms with van der Waals surface area (Å²) in [5.41, 5.74) is 1.50. The van der Waals surface area contributed by atoms with E-state index in [-0.39, 0.29) is 11.1 Å². The highest BCUT2D eigenvalue weighted by Gasteiger charge is 2.39. The summed E-state index contributed by atoms with van der Waals surface area (Å²) < 4.78 is 0. The molecular formula is C15H25N3. The molecule has 0 radical (unpaired) electrons. The predicted octanol–water partition coefficient (Wildman–Crippen LogP) is 2.43. The van der Waals surface area contributed by atoms with Crippen LogP contribution in [0.4, 0.5) is 0 Å². The van der Waals surface area contributed by atoms with Gasteiger partial charge in [0.1, 0.15) is 0 Å². The van der Waals surface area contributed by atoms with E-state index >= 15 is 0 Å². The zero-order valence-electron chi connectivity index (χ0n) is 12.0. The Labute approximate surface area is 111 Å². The molecule has 1 fully saturated rings. The lowest BCUT2D eigenvalue weighted by molar-refractivity contribution is 0.0180. The first kappa shape index (κ1) is 13.5. The maximum absolute atomic E-state index is 4.47. The Kier molecular flexibility index (Phi) is 3.74. The van der Waals surface area contributed by atoms with Crippen LogP contribution in [0, 0.1) is 0 Å². The molecular weight excluding hydrogens is 222 g/mol. The maximum Gasteiger partial charge on any atom is 0.0544 e. The van der Waals surface area contributed by atoms with Gasteiger partial charge in [0, 0.05) is 30.4 Å².